The molecule has 1 aromatic rings. The minimum atomic E-state index is -0.139. The van der Waals surface area contributed by atoms with E-state index in [1.807, 2.05) is 6.07 Å². The predicted molar refractivity (Wildman–Crippen MR) is 69.9 cm³/mol. The molecule has 0 aromatic heterocycles. The predicted octanol–water partition coefficient (Wildman–Crippen LogP) is 4.11. The molecule has 16 heavy (non-hydrogen) atoms. The summed E-state index contributed by atoms with van der Waals surface area (Å²) in [5.74, 6) is 0.551. The minimum absolute atomic E-state index is 0.139. The van der Waals surface area contributed by atoms with Crippen molar-refractivity contribution in [2.24, 2.45) is 5.92 Å². The molecular formula is C13H19BrFN. The van der Waals surface area contributed by atoms with E-state index in [1.165, 1.54) is 18.9 Å². The Morgan fingerprint density at radius 3 is 2.62 bits per heavy atom. The molecular weight excluding hydrogens is 269 g/mol. The molecule has 0 aliphatic rings. The Labute approximate surface area is 106 Å². The van der Waals surface area contributed by atoms with Crippen LogP contribution >= 0.6 is 15.9 Å². The molecule has 90 valence electrons. The fraction of sp³-hybridized carbons (Fsp3) is 0.538. The number of nitrogens with one attached hydrogen (secondary N) is 1. The van der Waals surface area contributed by atoms with Crippen molar-refractivity contribution in [3.63, 3.8) is 0 Å². The van der Waals surface area contributed by atoms with E-state index in [-0.39, 0.29) is 5.82 Å². The molecule has 0 saturated heterocycles. The number of halogens is 2. The first-order chi connectivity index (χ1) is 7.67. The monoisotopic (exact) mass is 287 g/mol. The highest BCUT2D eigenvalue weighted by molar-refractivity contribution is 9.10. The molecule has 0 radical (unpaired) electrons. The van der Waals surface area contributed by atoms with Gasteiger partial charge in [-0.25, -0.2) is 4.39 Å². The third kappa shape index (κ3) is 4.22. The average Bonchev–Trinajstić information content (AvgIpc) is 2.29. The van der Waals surface area contributed by atoms with Gasteiger partial charge in [-0.15, -0.1) is 0 Å². The summed E-state index contributed by atoms with van der Waals surface area (Å²) in [6, 6.07) is 5.05. The first-order valence-corrected chi connectivity index (χ1v) is 6.61. The van der Waals surface area contributed by atoms with Gasteiger partial charge in [-0.2, -0.15) is 0 Å². The highest BCUT2D eigenvalue weighted by Gasteiger charge is 2.05. The Bertz CT molecular complexity index is 324. The molecule has 0 bridgehead atoms. The second-order valence-electron chi connectivity index (χ2n) is 4.05. The van der Waals surface area contributed by atoms with Gasteiger partial charge in [0.05, 0.1) is 0 Å². The van der Waals surface area contributed by atoms with Gasteiger partial charge in [-0.3, -0.25) is 0 Å². The maximum absolute atomic E-state index is 13.4. The molecule has 0 saturated carbocycles. The molecule has 1 aromatic carbocycles. The van der Waals surface area contributed by atoms with Crippen molar-refractivity contribution < 1.29 is 4.39 Å². The lowest BCUT2D eigenvalue weighted by Gasteiger charge is -2.13. The molecule has 1 nitrogen and oxygen atoms in total. The molecule has 0 unspecified atom stereocenters. The lowest BCUT2D eigenvalue weighted by atomic mass is 10.0. The van der Waals surface area contributed by atoms with Gasteiger partial charge in [0.15, 0.2) is 0 Å². The summed E-state index contributed by atoms with van der Waals surface area (Å²) in [4.78, 5) is 0. The summed E-state index contributed by atoms with van der Waals surface area (Å²) in [5.41, 5.74) is 0.723. The summed E-state index contributed by atoms with van der Waals surface area (Å²) in [5, 5.41) is 3.31. The van der Waals surface area contributed by atoms with Gasteiger partial charge in [0.1, 0.15) is 5.82 Å². The Morgan fingerprint density at radius 1 is 1.31 bits per heavy atom. The van der Waals surface area contributed by atoms with Crippen LogP contribution in [0.3, 0.4) is 0 Å². The zero-order chi connectivity index (χ0) is 12.0. The molecule has 0 fully saturated rings. The van der Waals surface area contributed by atoms with Crippen LogP contribution in [-0.4, -0.2) is 6.54 Å². The molecule has 1 N–H and O–H groups in total. The zero-order valence-electron chi connectivity index (χ0n) is 9.89. The van der Waals surface area contributed by atoms with Crippen LogP contribution in [0.2, 0.25) is 0 Å². The number of hydrogen-bond acceptors (Lipinski definition) is 1. The third-order valence-electron chi connectivity index (χ3n) is 2.91. The van der Waals surface area contributed by atoms with Gasteiger partial charge in [0.2, 0.25) is 0 Å². The smallest absolute Gasteiger partial charge is 0.127 e. The molecule has 0 heterocycles. The highest BCUT2D eigenvalue weighted by Crippen LogP contribution is 2.15. The number of benzene rings is 1. The van der Waals surface area contributed by atoms with Crippen LogP contribution < -0.4 is 5.32 Å². The van der Waals surface area contributed by atoms with Crippen molar-refractivity contribution in [2.45, 2.75) is 33.2 Å². The molecule has 0 aliphatic heterocycles. The normalized spacial score (nSPS) is 11.1. The quantitative estimate of drug-likeness (QED) is 0.830. The van der Waals surface area contributed by atoms with E-state index >= 15 is 0 Å². The van der Waals surface area contributed by atoms with E-state index in [0.717, 1.165) is 16.6 Å². The Balaban J connectivity index is 2.45. The van der Waals surface area contributed by atoms with Crippen molar-refractivity contribution in [2.75, 3.05) is 6.54 Å². The summed E-state index contributed by atoms with van der Waals surface area (Å²) in [6.45, 7) is 5.94. The Morgan fingerprint density at radius 2 is 2.00 bits per heavy atom. The van der Waals surface area contributed by atoms with Gasteiger partial charge in [-0.1, -0.05) is 42.6 Å². The van der Waals surface area contributed by atoms with Crippen LogP contribution in [0.4, 0.5) is 4.39 Å². The van der Waals surface area contributed by atoms with E-state index in [9.17, 15) is 4.39 Å². The first-order valence-electron chi connectivity index (χ1n) is 5.82. The molecule has 0 atom stereocenters. The van der Waals surface area contributed by atoms with Crippen LogP contribution in [0.25, 0.3) is 0 Å². The van der Waals surface area contributed by atoms with E-state index in [2.05, 4.69) is 35.1 Å². The summed E-state index contributed by atoms with van der Waals surface area (Å²) < 4.78 is 14.3. The van der Waals surface area contributed by atoms with Crippen molar-refractivity contribution in [3.05, 3.63) is 34.1 Å². The van der Waals surface area contributed by atoms with Crippen LogP contribution in [-0.2, 0) is 6.54 Å². The SMILES string of the molecule is CCC(CC)CNCc1cc(Br)ccc1F. The van der Waals surface area contributed by atoms with Gasteiger partial charge < -0.3 is 5.32 Å². The third-order valence-corrected chi connectivity index (χ3v) is 3.40. The van der Waals surface area contributed by atoms with E-state index in [1.54, 1.807) is 6.07 Å². The van der Waals surface area contributed by atoms with Crippen molar-refractivity contribution in [3.8, 4) is 0 Å². The first kappa shape index (κ1) is 13.7. The maximum atomic E-state index is 13.4. The van der Waals surface area contributed by atoms with E-state index < -0.39 is 0 Å². The van der Waals surface area contributed by atoms with Gasteiger partial charge in [0, 0.05) is 16.6 Å². The molecule has 3 heteroatoms. The molecule has 0 aliphatic carbocycles. The van der Waals surface area contributed by atoms with Crippen molar-refractivity contribution in [1.82, 2.24) is 5.32 Å². The lowest BCUT2D eigenvalue weighted by Crippen LogP contribution is -2.22. The van der Waals surface area contributed by atoms with E-state index in [0.29, 0.717) is 12.5 Å². The Hall–Kier alpha value is -0.410. The highest BCUT2D eigenvalue weighted by atomic mass is 79.9. The van der Waals surface area contributed by atoms with Crippen molar-refractivity contribution in [1.29, 1.82) is 0 Å². The second-order valence-corrected chi connectivity index (χ2v) is 4.96. The summed E-state index contributed by atoms with van der Waals surface area (Å²) in [6.07, 6.45) is 2.34. The fourth-order valence-electron chi connectivity index (χ4n) is 1.67. The average molecular weight is 288 g/mol. The maximum Gasteiger partial charge on any atom is 0.127 e. The second kappa shape index (κ2) is 7.02. The Kier molecular flexibility index (Phi) is 5.99. The summed E-state index contributed by atoms with van der Waals surface area (Å²) >= 11 is 3.35. The van der Waals surface area contributed by atoms with Crippen LogP contribution in [0, 0.1) is 11.7 Å². The topological polar surface area (TPSA) is 12.0 Å². The summed E-state index contributed by atoms with van der Waals surface area (Å²) in [7, 11) is 0. The molecule has 1 rings (SSSR count). The van der Waals surface area contributed by atoms with E-state index in [4.69, 9.17) is 0 Å². The number of rotatable bonds is 6. The standard InChI is InChI=1S/C13H19BrFN/c1-3-10(4-2)8-16-9-11-7-12(14)5-6-13(11)15/h5-7,10,16H,3-4,8-9H2,1-2H3. The largest absolute Gasteiger partial charge is 0.312 e. The number of hydrogen-bond donors (Lipinski definition) is 1. The van der Waals surface area contributed by atoms with Crippen LogP contribution in [0.15, 0.2) is 22.7 Å². The minimum Gasteiger partial charge on any atom is -0.312 e. The lowest BCUT2D eigenvalue weighted by molar-refractivity contribution is 0.446. The zero-order valence-corrected chi connectivity index (χ0v) is 11.5. The van der Waals surface area contributed by atoms with Crippen LogP contribution in [0.1, 0.15) is 32.3 Å². The van der Waals surface area contributed by atoms with Gasteiger partial charge in [0.25, 0.3) is 0 Å². The van der Waals surface area contributed by atoms with Crippen molar-refractivity contribution >= 4 is 15.9 Å². The fourth-order valence-corrected chi connectivity index (χ4v) is 2.08. The van der Waals surface area contributed by atoms with Gasteiger partial charge in [-0.05, 0) is 30.7 Å². The molecule has 0 spiro atoms. The molecule has 0 amide bonds. The van der Waals surface area contributed by atoms with Crippen LogP contribution in [0.5, 0.6) is 0 Å². The van der Waals surface area contributed by atoms with Gasteiger partial charge >= 0.3 is 0 Å².